The summed E-state index contributed by atoms with van der Waals surface area (Å²) in [6.07, 6.45) is 5.62. The molecule has 3 heterocycles. The van der Waals surface area contributed by atoms with Gasteiger partial charge in [0.2, 0.25) is 11.8 Å². The Balaban J connectivity index is 1.36. The summed E-state index contributed by atoms with van der Waals surface area (Å²) in [6.45, 7) is 1.67. The Bertz CT molecular complexity index is 767. The van der Waals surface area contributed by atoms with Crippen LogP contribution in [0.5, 0.6) is 0 Å². The molecule has 0 unspecified atom stereocenters. The molecule has 0 radical (unpaired) electrons. The lowest BCUT2D eigenvalue weighted by Gasteiger charge is -2.32. The van der Waals surface area contributed by atoms with Crippen LogP contribution in [-0.2, 0) is 16.1 Å². The summed E-state index contributed by atoms with van der Waals surface area (Å²) < 4.78 is 1.87. The molecule has 0 aromatic carbocycles. The number of amides is 2. The molecule has 2 fully saturated rings. The van der Waals surface area contributed by atoms with E-state index >= 15 is 0 Å². The van der Waals surface area contributed by atoms with Gasteiger partial charge in [-0.15, -0.1) is 10.2 Å². The van der Waals surface area contributed by atoms with Gasteiger partial charge in [0, 0.05) is 25.2 Å². The molecule has 7 heteroatoms. The largest absolute Gasteiger partial charge is 0.348 e. The summed E-state index contributed by atoms with van der Waals surface area (Å²) in [7, 11) is 0. The van der Waals surface area contributed by atoms with Crippen molar-refractivity contribution in [3.63, 3.8) is 0 Å². The number of aromatic nitrogens is 3. The van der Waals surface area contributed by atoms with Gasteiger partial charge in [0.1, 0.15) is 0 Å². The minimum atomic E-state index is -0.124. The lowest BCUT2D eigenvalue weighted by atomic mass is 9.96. The van der Waals surface area contributed by atoms with Crippen LogP contribution in [0.3, 0.4) is 0 Å². The molecule has 126 valence electrons. The first kappa shape index (κ1) is 15.1. The number of carbonyl (C=O) groups is 2. The number of hydrogen-bond acceptors (Lipinski definition) is 4. The van der Waals surface area contributed by atoms with Crippen LogP contribution in [0, 0.1) is 11.8 Å². The Morgan fingerprint density at radius 3 is 2.88 bits per heavy atom. The first-order valence-corrected chi connectivity index (χ1v) is 8.57. The van der Waals surface area contributed by atoms with Crippen LogP contribution in [0.1, 0.15) is 31.5 Å². The molecule has 1 aliphatic carbocycles. The molecule has 4 rings (SSSR count). The molecule has 2 aromatic rings. The van der Waals surface area contributed by atoms with Gasteiger partial charge < -0.3 is 10.2 Å². The molecule has 1 saturated heterocycles. The highest BCUT2D eigenvalue weighted by Crippen LogP contribution is 2.32. The molecule has 2 aliphatic rings. The molecule has 7 nitrogen and oxygen atoms in total. The molecule has 2 amide bonds. The number of carbonyl (C=O) groups excluding carboxylic acids is 2. The fraction of sp³-hybridized carbons (Fsp3) is 0.529. The van der Waals surface area contributed by atoms with E-state index in [1.165, 1.54) is 0 Å². The molecule has 24 heavy (non-hydrogen) atoms. The van der Waals surface area contributed by atoms with Crippen LogP contribution in [0.2, 0.25) is 0 Å². The van der Waals surface area contributed by atoms with E-state index in [9.17, 15) is 9.59 Å². The third-order valence-electron chi connectivity index (χ3n) is 4.84. The van der Waals surface area contributed by atoms with Gasteiger partial charge in [-0.1, -0.05) is 6.07 Å². The van der Waals surface area contributed by atoms with Crippen LogP contribution in [0.4, 0.5) is 0 Å². The summed E-state index contributed by atoms with van der Waals surface area (Å²) in [4.78, 5) is 26.5. The number of rotatable bonds is 4. The van der Waals surface area contributed by atoms with Crippen molar-refractivity contribution in [1.29, 1.82) is 0 Å². The van der Waals surface area contributed by atoms with E-state index < -0.39 is 0 Å². The maximum atomic E-state index is 12.5. The van der Waals surface area contributed by atoms with Crippen molar-refractivity contribution in [2.45, 2.75) is 32.2 Å². The summed E-state index contributed by atoms with van der Waals surface area (Å²) in [5.41, 5.74) is 0.764. The second-order valence-corrected chi connectivity index (χ2v) is 6.66. The Hall–Kier alpha value is -2.44. The Kier molecular flexibility index (Phi) is 3.92. The van der Waals surface area contributed by atoms with Gasteiger partial charge in [0.05, 0.1) is 12.5 Å². The van der Waals surface area contributed by atoms with Gasteiger partial charge in [-0.2, -0.15) is 0 Å². The number of pyridine rings is 1. The molecule has 1 saturated carbocycles. The van der Waals surface area contributed by atoms with Crippen molar-refractivity contribution >= 4 is 17.5 Å². The highest BCUT2D eigenvalue weighted by atomic mass is 16.2. The first-order chi connectivity index (χ1) is 11.7. The van der Waals surface area contributed by atoms with Gasteiger partial charge in [-0.3, -0.25) is 14.0 Å². The standard InChI is InChI=1S/C17H21N5O2/c23-16(13-4-3-8-21(11-13)17(24)12-6-7-12)18-10-15-20-19-14-5-1-2-9-22(14)15/h1-2,5,9,12-13H,3-4,6-8,10-11H2,(H,18,23)/t13-/m0/s1. The van der Waals surface area contributed by atoms with E-state index in [4.69, 9.17) is 0 Å². The highest BCUT2D eigenvalue weighted by molar-refractivity contribution is 5.83. The maximum Gasteiger partial charge on any atom is 0.225 e. The van der Waals surface area contributed by atoms with Gasteiger partial charge in [0.25, 0.3) is 0 Å². The third-order valence-corrected chi connectivity index (χ3v) is 4.84. The normalized spacial score (nSPS) is 21.0. The number of likely N-dealkylation sites (tertiary alicyclic amines) is 1. The Morgan fingerprint density at radius 1 is 1.17 bits per heavy atom. The smallest absolute Gasteiger partial charge is 0.225 e. The van der Waals surface area contributed by atoms with Gasteiger partial charge in [-0.25, -0.2) is 0 Å². The second-order valence-electron chi connectivity index (χ2n) is 6.66. The summed E-state index contributed by atoms with van der Waals surface area (Å²) >= 11 is 0. The molecule has 0 bridgehead atoms. The number of piperidine rings is 1. The van der Waals surface area contributed by atoms with Crippen molar-refractivity contribution in [3.8, 4) is 0 Å². The molecule has 2 aromatic heterocycles. The van der Waals surface area contributed by atoms with Crippen LogP contribution >= 0.6 is 0 Å². The predicted octanol–water partition coefficient (Wildman–Crippen LogP) is 0.994. The molecular formula is C17H21N5O2. The first-order valence-electron chi connectivity index (χ1n) is 8.57. The van der Waals surface area contributed by atoms with Gasteiger partial charge in [-0.05, 0) is 37.8 Å². The van der Waals surface area contributed by atoms with E-state index in [2.05, 4.69) is 15.5 Å². The minimum absolute atomic E-state index is 0.00372. The van der Waals surface area contributed by atoms with Crippen LogP contribution in [0.15, 0.2) is 24.4 Å². The fourth-order valence-corrected chi connectivity index (χ4v) is 3.30. The third kappa shape index (κ3) is 2.98. The topological polar surface area (TPSA) is 79.6 Å². The van der Waals surface area contributed by atoms with Gasteiger partial charge >= 0.3 is 0 Å². The molecule has 0 spiro atoms. The highest BCUT2D eigenvalue weighted by Gasteiger charge is 2.36. The quantitative estimate of drug-likeness (QED) is 0.908. The SMILES string of the molecule is O=C(NCc1nnc2ccccn12)[C@H]1CCCN(C(=O)C2CC2)C1. The minimum Gasteiger partial charge on any atom is -0.348 e. The van der Waals surface area contributed by atoms with Crippen LogP contribution in [-0.4, -0.2) is 44.4 Å². The number of hydrogen-bond donors (Lipinski definition) is 1. The summed E-state index contributed by atoms with van der Waals surface area (Å²) in [5, 5.41) is 11.2. The monoisotopic (exact) mass is 327 g/mol. The summed E-state index contributed by atoms with van der Waals surface area (Å²) in [5.74, 6) is 1.03. The molecule has 1 atom stereocenters. The van der Waals surface area contributed by atoms with Crippen LogP contribution < -0.4 is 5.32 Å². The zero-order chi connectivity index (χ0) is 16.5. The van der Waals surface area contributed by atoms with E-state index in [0.29, 0.717) is 18.9 Å². The molecule has 1 N–H and O–H groups in total. The predicted molar refractivity (Wildman–Crippen MR) is 86.9 cm³/mol. The molecular weight excluding hydrogens is 306 g/mol. The Labute approximate surface area is 140 Å². The zero-order valence-electron chi connectivity index (χ0n) is 13.5. The Morgan fingerprint density at radius 2 is 2.04 bits per heavy atom. The van der Waals surface area contributed by atoms with Crippen molar-refractivity contribution in [1.82, 2.24) is 24.8 Å². The van der Waals surface area contributed by atoms with E-state index in [-0.39, 0.29) is 23.7 Å². The molecule has 1 aliphatic heterocycles. The van der Waals surface area contributed by atoms with Crippen molar-refractivity contribution in [3.05, 3.63) is 30.2 Å². The number of nitrogens with one attached hydrogen (secondary N) is 1. The fourth-order valence-electron chi connectivity index (χ4n) is 3.30. The van der Waals surface area contributed by atoms with E-state index in [1.807, 2.05) is 33.7 Å². The second kappa shape index (κ2) is 6.22. The van der Waals surface area contributed by atoms with E-state index in [1.54, 1.807) is 0 Å². The van der Waals surface area contributed by atoms with Crippen molar-refractivity contribution in [2.75, 3.05) is 13.1 Å². The lowest BCUT2D eigenvalue weighted by molar-refractivity contribution is -0.136. The van der Waals surface area contributed by atoms with E-state index in [0.717, 1.165) is 37.9 Å². The lowest BCUT2D eigenvalue weighted by Crippen LogP contribution is -2.45. The van der Waals surface area contributed by atoms with Crippen LogP contribution in [0.25, 0.3) is 5.65 Å². The average Bonchev–Trinajstić information content (AvgIpc) is 3.40. The number of nitrogens with zero attached hydrogens (tertiary/aromatic N) is 4. The van der Waals surface area contributed by atoms with Crippen molar-refractivity contribution in [2.24, 2.45) is 11.8 Å². The number of fused-ring (bicyclic) bond motifs is 1. The summed E-state index contributed by atoms with van der Waals surface area (Å²) in [6, 6.07) is 5.69. The maximum absolute atomic E-state index is 12.5. The van der Waals surface area contributed by atoms with Gasteiger partial charge in [0.15, 0.2) is 11.5 Å². The zero-order valence-corrected chi connectivity index (χ0v) is 13.5. The van der Waals surface area contributed by atoms with Crippen molar-refractivity contribution < 1.29 is 9.59 Å². The average molecular weight is 327 g/mol.